The van der Waals surface area contributed by atoms with Gasteiger partial charge in [0.25, 0.3) is 0 Å². The highest BCUT2D eigenvalue weighted by molar-refractivity contribution is 9.10. The normalized spacial score (nSPS) is 10.3. The minimum atomic E-state index is 0.753. The fourth-order valence-electron chi connectivity index (χ4n) is 1.21. The molecule has 0 bridgehead atoms. The highest BCUT2D eigenvalue weighted by Gasteiger charge is 1.97. The number of benzene rings is 1. The molecular formula is C11H15BrClNS. The van der Waals surface area contributed by atoms with Gasteiger partial charge in [-0.25, -0.2) is 0 Å². The summed E-state index contributed by atoms with van der Waals surface area (Å²) in [4.78, 5) is 0. The zero-order valence-corrected chi connectivity index (χ0v) is 11.9. The molecule has 0 saturated heterocycles. The fourth-order valence-corrected chi connectivity index (χ4v) is 2.20. The van der Waals surface area contributed by atoms with Gasteiger partial charge in [-0.2, -0.15) is 11.8 Å². The molecule has 0 aliphatic rings. The van der Waals surface area contributed by atoms with Gasteiger partial charge in [0.15, 0.2) is 0 Å². The standard InChI is InChI=1S/C11H15BrClNS/c1-15-7-3-2-6-14-9-4-5-11(13)10(12)8-9/h4-5,8,14H,2-3,6-7H2,1H3. The molecule has 0 heterocycles. The monoisotopic (exact) mass is 307 g/mol. The summed E-state index contributed by atoms with van der Waals surface area (Å²) in [5, 5.41) is 4.13. The smallest absolute Gasteiger partial charge is 0.0549 e. The van der Waals surface area contributed by atoms with Crippen molar-refractivity contribution in [2.45, 2.75) is 12.8 Å². The molecule has 1 rings (SSSR count). The van der Waals surface area contributed by atoms with E-state index in [2.05, 4.69) is 27.5 Å². The van der Waals surface area contributed by atoms with Gasteiger partial charge < -0.3 is 5.32 Å². The van der Waals surface area contributed by atoms with Crippen molar-refractivity contribution in [3.05, 3.63) is 27.7 Å². The van der Waals surface area contributed by atoms with Crippen molar-refractivity contribution in [2.24, 2.45) is 0 Å². The van der Waals surface area contributed by atoms with Crippen molar-refractivity contribution >= 4 is 45.0 Å². The highest BCUT2D eigenvalue weighted by Crippen LogP contribution is 2.25. The molecule has 4 heteroatoms. The summed E-state index contributed by atoms with van der Waals surface area (Å²) in [5.74, 6) is 1.24. The van der Waals surface area contributed by atoms with E-state index < -0.39 is 0 Å². The fraction of sp³-hybridized carbons (Fsp3) is 0.455. The third-order valence-corrected chi connectivity index (χ3v) is 3.93. The van der Waals surface area contributed by atoms with Gasteiger partial charge in [0.1, 0.15) is 0 Å². The van der Waals surface area contributed by atoms with Crippen LogP contribution in [0.3, 0.4) is 0 Å². The maximum Gasteiger partial charge on any atom is 0.0549 e. The van der Waals surface area contributed by atoms with Gasteiger partial charge >= 0.3 is 0 Å². The topological polar surface area (TPSA) is 12.0 Å². The quantitative estimate of drug-likeness (QED) is 0.767. The van der Waals surface area contributed by atoms with Gasteiger partial charge in [0.05, 0.1) is 5.02 Å². The Balaban J connectivity index is 2.28. The Labute approximate surface area is 109 Å². The Morgan fingerprint density at radius 2 is 2.20 bits per heavy atom. The molecular weight excluding hydrogens is 294 g/mol. The summed E-state index contributed by atoms with van der Waals surface area (Å²) >= 11 is 11.2. The Hall–Kier alpha value is 0.140. The van der Waals surface area contributed by atoms with Crippen LogP contribution in [0.1, 0.15) is 12.8 Å². The lowest BCUT2D eigenvalue weighted by molar-refractivity contribution is 0.843. The summed E-state index contributed by atoms with van der Waals surface area (Å²) in [5.41, 5.74) is 1.12. The van der Waals surface area contributed by atoms with Gasteiger partial charge in [0, 0.05) is 16.7 Å². The van der Waals surface area contributed by atoms with Crippen LogP contribution in [-0.4, -0.2) is 18.6 Å². The van der Waals surface area contributed by atoms with Crippen LogP contribution in [0.5, 0.6) is 0 Å². The molecule has 84 valence electrons. The lowest BCUT2D eigenvalue weighted by atomic mass is 10.3. The molecule has 0 aliphatic heterocycles. The Morgan fingerprint density at radius 1 is 1.40 bits per heavy atom. The number of hydrogen-bond donors (Lipinski definition) is 1. The second kappa shape index (κ2) is 7.42. The summed E-state index contributed by atoms with van der Waals surface area (Å²) in [7, 11) is 0. The van der Waals surface area contributed by atoms with E-state index in [4.69, 9.17) is 11.6 Å². The zero-order valence-electron chi connectivity index (χ0n) is 8.72. The van der Waals surface area contributed by atoms with E-state index in [1.807, 2.05) is 30.0 Å². The molecule has 0 aromatic heterocycles. The average Bonchev–Trinajstić information content (AvgIpc) is 2.23. The third kappa shape index (κ3) is 5.14. The first-order valence-corrected chi connectivity index (χ1v) is 7.48. The molecule has 15 heavy (non-hydrogen) atoms. The molecule has 0 fully saturated rings. The molecule has 1 aromatic carbocycles. The molecule has 0 atom stereocenters. The molecule has 0 saturated carbocycles. The van der Waals surface area contributed by atoms with Gasteiger partial charge in [-0.3, -0.25) is 0 Å². The highest BCUT2D eigenvalue weighted by atomic mass is 79.9. The second-order valence-corrected chi connectivity index (χ2v) is 5.50. The van der Waals surface area contributed by atoms with Crippen molar-refractivity contribution in [3.8, 4) is 0 Å². The van der Waals surface area contributed by atoms with E-state index in [1.54, 1.807) is 0 Å². The molecule has 1 aromatic rings. The van der Waals surface area contributed by atoms with Gasteiger partial charge in [0.2, 0.25) is 0 Å². The second-order valence-electron chi connectivity index (χ2n) is 3.26. The summed E-state index contributed by atoms with van der Waals surface area (Å²) in [6.45, 7) is 1.02. The number of unbranched alkanes of at least 4 members (excludes halogenated alkanes) is 1. The Kier molecular flexibility index (Phi) is 6.53. The van der Waals surface area contributed by atoms with E-state index in [0.29, 0.717) is 0 Å². The van der Waals surface area contributed by atoms with Crippen molar-refractivity contribution < 1.29 is 0 Å². The Morgan fingerprint density at radius 3 is 2.87 bits per heavy atom. The molecule has 1 N–H and O–H groups in total. The Bertz CT molecular complexity index is 307. The zero-order chi connectivity index (χ0) is 11.1. The van der Waals surface area contributed by atoms with Crippen molar-refractivity contribution in [1.82, 2.24) is 0 Å². The molecule has 0 radical (unpaired) electrons. The summed E-state index contributed by atoms with van der Waals surface area (Å²) in [6, 6.07) is 5.91. The molecule has 1 nitrogen and oxygen atoms in total. The van der Waals surface area contributed by atoms with Crippen LogP contribution in [-0.2, 0) is 0 Å². The molecule has 0 spiro atoms. The third-order valence-electron chi connectivity index (χ3n) is 2.02. The number of anilines is 1. The first-order chi connectivity index (χ1) is 7.24. The van der Waals surface area contributed by atoms with Gasteiger partial charge in [-0.05, 0) is 59.0 Å². The van der Waals surface area contributed by atoms with E-state index in [9.17, 15) is 0 Å². The number of nitrogens with one attached hydrogen (secondary N) is 1. The SMILES string of the molecule is CSCCCCNc1ccc(Cl)c(Br)c1. The van der Waals surface area contributed by atoms with E-state index in [0.717, 1.165) is 21.7 Å². The van der Waals surface area contributed by atoms with Crippen LogP contribution in [0, 0.1) is 0 Å². The van der Waals surface area contributed by atoms with E-state index in [-0.39, 0.29) is 0 Å². The van der Waals surface area contributed by atoms with Crippen LogP contribution in [0.25, 0.3) is 0 Å². The number of halogens is 2. The number of thioether (sulfide) groups is 1. The predicted octanol–water partition coefficient (Wildman–Crippen LogP) is 4.66. The van der Waals surface area contributed by atoms with Crippen LogP contribution in [0.4, 0.5) is 5.69 Å². The molecule has 0 aliphatic carbocycles. The van der Waals surface area contributed by atoms with Gasteiger partial charge in [-0.1, -0.05) is 11.6 Å². The van der Waals surface area contributed by atoms with Crippen molar-refractivity contribution in [3.63, 3.8) is 0 Å². The minimum Gasteiger partial charge on any atom is -0.385 e. The summed E-state index contributed by atoms with van der Waals surface area (Å²) in [6.07, 6.45) is 4.62. The van der Waals surface area contributed by atoms with Crippen LogP contribution in [0.15, 0.2) is 22.7 Å². The van der Waals surface area contributed by atoms with Gasteiger partial charge in [-0.15, -0.1) is 0 Å². The van der Waals surface area contributed by atoms with Crippen LogP contribution in [0.2, 0.25) is 5.02 Å². The number of hydrogen-bond acceptors (Lipinski definition) is 2. The number of rotatable bonds is 6. The predicted molar refractivity (Wildman–Crippen MR) is 75.3 cm³/mol. The van der Waals surface area contributed by atoms with E-state index >= 15 is 0 Å². The van der Waals surface area contributed by atoms with Crippen molar-refractivity contribution in [1.29, 1.82) is 0 Å². The van der Waals surface area contributed by atoms with E-state index in [1.165, 1.54) is 18.6 Å². The molecule has 0 amide bonds. The lowest BCUT2D eigenvalue weighted by Gasteiger charge is -2.06. The first-order valence-electron chi connectivity index (χ1n) is 4.92. The average molecular weight is 309 g/mol. The minimum absolute atomic E-state index is 0.753. The summed E-state index contributed by atoms with van der Waals surface area (Å²) < 4.78 is 0.943. The largest absolute Gasteiger partial charge is 0.385 e. The maximum atomic E-state index is 5.91. The maximum absolute atomic E-state index is 5.91. The van der Waals surface area contributed by atoms with Crippen molar-refractivity contribution in [2.75, 3.05) is 23.9 Å². The van der Waals surface area contributed by atoms with Crippen LogP contribution >= 0.6 is 39.3 Å². The molecule has 0 unspecified atom stereocenters. The van der Waals surface area contributed by atoms with Crippen LogP contribution < -0.4 is 5.32 Å². The first kappa shape index (κ1) is 13.2. The lowest BCUT2D eigenvalue weighted by Crippen LogP contribution is -2.01.